The van der Waals surface area contributed by atoms with Crippen LogP contribution in [0.1, 0.15) is 56.1 Å². The summed E-state index contributed by atoms with van der Waals surface area (Å²) in [5.74, 6) is -0.544. The van der Waals surface area contributed by atoms with Crippen LogP contribution in [0.25, 0.3) is 11.1 Å². The third-order valence-electron chi connectivity index (χ3n) is 5.26. The summed E-state index contributed by atoms with van der Waals surface area (Å²) in [6, 6.07) is 10.8. The Labute approximate surface area is 166 Å². The van der Waals surface area contributed by atoms with E-state index in [0.717, 1.165) is 30.5 Å². The van der Waals surface area contributed by atoms with Crippen molar-refractivity contribution < 1.29 is 9.90 Å². The number of hydrogen-bond acceptors (Lipinski definition) is 5. The first kappa shape index (κ1) is 20.0. The molecule has 0 radical (unpaired) electrons. The van der Waals surface area contributed by atoms with E-state index >= 15 is 0 Å². The maximum Gasteiger partial charge on any atom is 0.336 e. The van der Waals surface area contributed by atoms with Crippen LogP contribution in [0.15, 0.2) is 47.6 Å². The number of nitrogens with one attached hydrogen (secondary N) is 1. The zero-order valence-corrected chi connectivity index (χ0v) is 16.7. The maximum absolute atomic E-state index is 11.4. The average Bonchev–Trinajstić information content (AvgIpc) is 3.11. The fraction of sp³-hybridized carbons (Fsp3) is 0.409. The Morgan fingerprint density at radius 2 is 2.04 bits per heavy atom. The van der Waals surface area contributed by atoms with Crippen LogP contribution in [0.5, 0.6) is 0 Å². The van der Waals surface area contributed by atoms with Gasteiger partial charge in [0.25, 0.3) is 0 Å². The Hall–Kier alpha value is -2.73. The maximum atomic E-state index is 11.4. The largest absolute Gasteiger partial charge is 0.478 e. The molecule has 0 spiro atoms. The molecule has 2 heterocycles. The highest BCUT2D eigenvalue weighted by Crippen LogP contribution is 2.29. The highest BCUT2D eigenvalue weighted by molar-refractivity contribution is 5.95. The lowest BCUT2D eigenvalue weighted by molar-refractivity contribution is 0.0697. The van der Waals surface area contributed by atoms with Gasteiger partial charge in [-0.1, -0.05) is 51.5 Å². The molecular weight excluding hydrogens is 352 g/mol. The highest BCUT2D eigenvalue weighted by Gasteiger charge is 2.37. The smallest absolute Gasteiger partial charge is 0.336 e. The number of aliphatic imine (C=N–C) groups is 1. The number of unbranched alkanes of at least 4 members (excludes halogenated alkanes) is 1. The quantitative estimate of drug-likeness (QED) is 0.712. The summed E-state index contributed by atoms with van der Waals surface area (Å²) in [4.78, 5) is 20.7. The molecule has 1 atom stereocenters. The molecule has 148 valence electrons. The fourth-order valence-electron chi connectivity index (χ4n) is 3.47. The third kappa shape index (κ3) is 4.22. The second-order valence-corrected chi connectivity index (χ2v) is 7.56. The Balaban J connectivity index is 1.71. The summed E-state index contributed by atoms with van der Waals surface area (Å²) >= 11 is 0. The van der Waals surface area contributed by atoms with E-state index in [-0.39, 0.29) is 11.2 Å². The lowest BCUT2D eigenvalue weighted by atomic mass is 9.92. The number of aromatic carboxylic acids is 1. The van der Waals surface area contributed by atoms with Crippen molar-refractivity contribution in [3.05, 3.63) is 53.9 Å². The van der Waals surface area contributed by atoms with Crippen LogP contribution < -0.4 is 5.43 Å². The molecule has 2 aromatic rings. The number of nitrogens with zero attached hydrogens (tertiary/aromatic N) is 3. The summed E-state index contributed by atoms with van der Waals surface area (Å²) in [5.41, 5.74) is 5.96. The van der Waals surface area contributed by atoms with Gasteiger partial charge in [0.2, 0.25) is 0 Å². The molecule has 0 amide bonds. The Morgan fingerprint density at radius 3 is 2.68 bits per heavy atom. The molecule has 1 aliphatic rings. The second kappa shape index (κ2) is 8.52. The number of benzene rings is 1. The molecule has 6 heteroatoms. The van der Waals surface area contributed by atoms with E-state index in [0.29, 0.717) is 18.0 Å². The van der Waals surface area contributed by atoms with Gasteiger partial charge in [-0.15, -0.1) is 0 Å². The van der Waals surface area contributed by atoms with Crippen LogP contribution in [-0.4, -0.2) is 33.1 Å². The number of carbonyl (C=O) groups is 1. The van der Waals surface area contributed by atoms with Gasteiger partial charge in [0.15, 0.2) is 0 Å². The predicted molar refractivity (Wildman–Crippen MR) is 111 cm³/mol. The summed E-state index contributed by atoms with van der Waals surface area (Å²) in [5, 5.41) is 11.4. The summed E-state index contributed by atoms with van der Waals surface area (Å²) < 4.78 is 0. The average molecular weight is 380 g/mol. The molecular formula is C22H28N4O2. The van der Waals surface area contributed by atoms with E-state index < -0.39 is 5.97 Å². The van der Waals surface area contributed by atoms with Gasteiger partial charge >= 0.3 is 5.97 Å². The zero-order chi connectivity index (χ0) is 20.1. The van der Waals surface area contributed by atoms with Gasteiger partial charge in [-0.3, -0.25) is 15.0 Å². The number of carboxylic acids is 1. The number of aromatic nitrogens is 1. The molecule has 1 aromatic carbocycles. The number of hydrogen-bond donors (Lipinski definition) is 2. The van der Waals surface area contributed by atoms with Gasteiger partial charge < -0.3 is 5.11 Å². The molecule has 0 fully saturated rings. The zero-order valence-electron chi connectivity index (χ0n) is 16.7. The normalized spacial score (nSPS) is 18.8. The molecule has 28 heavy (non-hydrogen) atoms. The van der Waals surface area contributed by atoms with E-state index in [1.54, 1.807) is 24.4 Å². The van der Waals surface area contributed by atoms with E-state index in [4.69, 9.17) is 4.99 Å². The minimum absolute atomic E-state index is 0.240. The molecule has 6 nitrogen and oxygen atoms in total. The van der Waals surface area contributed by atoms with Crippen molar-refractivity contribution in [1.82, 2.24) is 15.4 Å². The molecule has 1 aliphatic heterocycles. The van der Waals surface area contributed by atoms with Crippen molar-refractivity contribution in [3.63, 3.8) is 0 Å². The molecule has 1 aromatic heterocycles. The first-order valence-electron chi connectivity index (χ1n) is 9.82. The summed E-state index contributed by atoms with van der Waals surface area (Å²) in [6.45, 7) is 7.18. The highest BCUT2D eigenvalue weighted by atomic mass is 16.4. The lowest BCUT2D eigenvalue weighted by Gasteiger charge is -2.33. The number of pyridine rings is 1. The van der Waals surface area contributed by atoms with Crippen LogP contribution in [0.4, 0.5) is 0 Å². The van der Waals surface area contributed by atoms with Gasteiger partial charge in [0.1, 0.15) is 12.0 Å². The molecule has 0 saturated heterocycles. The van der Waals surface area contributed by atoms with Gasteiger partial charge in [-0.25, -0.2) is 10.2 Å². The minimum Gasteiger partial charge on any atom is -0.478 e. The summed E-state index contributed by atoms with van der Waals surface area (Å²) in [6.07, 6.45) is 6.88. The topological polar surface area (TPSA) is 77.8 Å². The SMILES string of the molecule is CCCCC1(C(C)C)N=CN(Cc2ccc(-c3ccccc3C(=O)O)cn2)N1. The van der Waals surface area contributed by atoms with Crippen LogP contribution in [0.3, 0.4) is 0 Å². The fourth-order valence-corrected chi connectivity index (χ4v) is 3.47. The van der Waals surface area contributed by atoms with Gasteiger partial charge in [-0.05, 0) is 36.5 Å². The van der Waals surface area contributed by atoms with Crippen molar-refractivity contribution in [3.8, 4) is 11.1 Å². The molecule has 1 unspecified atom stereocenters. The molecule has 0 bridgehead atoms. The number of carboxylic acid groups (broad SMARTS) is 1. The first-order valence-corrected chi connectivity index (χ1v) is 9.82. The minimum atomic E-state index is -0.936. The van der Waals surface area contributed by atoms with Gasteiger partial charge in [0, 0.05) is 11.8 Å². The van der Waals surface area contributed by atoms with Crippen molar-refractivity contribution in [1.29, 1.82) is 0 Å². The summed E-state index contributed by atoms with van der Waals surface area (Å²) in [7, 11) is 0. The molecule has 0 saturated carbocycles. The van der Waals surface area contributed by atoms with E-state index in [1.165, 1.54) is 0 Å². The Morgan fingerprint density at radius 1 is 1.25 bits per heavy atom. The van der Waals surface area contributed by atoms with Crippen LogP contribution in [0.2, 0.25) is 0 Å². The van der Waals surface area contributed by atoms with Crippen LogP contribution in [0, 0.1) is 5.92 Å². The Bertz CT molecular complexity index is 848. The lowest BCUT2D eigenvalue weighted by Crippen LogP contribution is -2.50. The van der Waals surface area contributed by atoms with Crippen molar-refractivity contribution in [2.75, 3.05) is 0 Å². The third-order valence-corrected chi connectivity index (χ3v) is 5.26. The monoisotopic (exact) mass is 380 g/mol. The standard InChI is InChI=1S/C22H28N4O2/c1-4-5-12-22(16(2)3)24-15-26(25-22)14-18-11-10-17(13-23-18)19-8-6-7-9-20(19)21(27)28/h6-11,13,15-16,25H,4-5,12,14H2,1-3H3,(H,27,28). The predicted octanol–water partition coefficient (Wildman–Crippen LogP) is 4.34. The van der Waals surface area contributed by atoms with E-state index in [1.807, 2.05) is 29.5 Å². The number of hydrazine groups is 1. The van der Waals surface area contributed by atoms with Crippen molar-refractivity contribution >= 4 is 12.3 Å². The van der Waals surface area contributed by atoms with Crippen LogP contribution in [-0.2, 0) is 6.54 Å². The number of rotatable bonds is 8. The second-order valence-electron chi connectivity index (χ2n) is 7.56. The van der Waals surface area contributed by atoms with Gasteiger partial charge in [-0.2, -0.15) is 0 Å². The molecule has 2 N–H and O–H groups in total. The van der Waals surface area contributed by atoms with Crippen LogP contribution >= 0.6 is 0 Å². The van der Waals surface area contributed by atoms with Crippen molar-refractivity contribution in [2.45, 2.75) is 52.2 Å². The van der Waals surface area contributed by atoms with E-state index in [9.17, 15) is 9.90 Å². The molecule has 3 rings (SSSR count). The molecule has 0 aliphatic carbocycles. The van der Waals surface area contributed by atoms with E-state index in [2.05, 4.69) is 31.2 Å². The van der Waals surface area contributed by atoms with Crippen molar-refractivity contribution in [2.24, 2.45) is 10.9 Å². The first-order chi connectivity index (χ1) is 13.4. The Kier molecular flexibility index (Phi) is 6.09. The van der Waals surface area contributed by atoms with Gasteiger partial charge in [0.05, 0.1) is 17.8 Å².